The lowest BCUT2D eigenvalue weighted by atomic mass is 10.1. The number of hydrogen-bond acceptors (Lipinski definition) is 2. The maximum Gasteiger partial charge on any atom is 0.0725 e. The van der Waals surface area contributed by atoms with E-state index in [1.807, 2.05) is 13.0 Å². The van der Waals surface area contributed by atoms with Crippen LogP contribution in [0.1, 0.15) is 19.0 Å². The van der Waals surface area contributed by atoms with Gasteiger partial charge in [0.15, 0.2) is 0 Å². The Morgan fingerprint density at radius 2 is 2.07 bits per heavy atom. The Morgan fingerprint density at radius 1 is 1.20 bits per heavy atom. The highest BCUT2D eigenvalue weighted by Gasteiger charge is 2.00. The predicted molar refractivity (Wildman–Crippen MR) is 65.3 cm³/mol. The largest absolute Gasteiger partial charge is 0.385 e. The van der Waals surface area contributed by atoms with E-state index in [0.29, 0.717) is 0 Å². The maximum absolute atomic E-state index is 4.50. The van der Waals surface area contributed by atoms with Crippen molar-refractivity contribution in [2.75, 3.05) is 11.9 Å². The molecule has 0 radical (unpaired) electrons. The van der Waals surface area contributed by atoms with Gasteiger partial charge in [0.25, 0.3) is 0 Å². The average Bonchev–Trinajstić information content (AvgIpc) is 2.25. The fourth-order valence-electron chi connectivity index (χ4n) is 1.67. The van der Waals surface area contributed by atoms with Gasteiger partial charge in [0, 0.05) is 23.3 Å². The second-order valence-corrected chi connectivity index (χ2v) is 3.75. The van der Waals surface area contributed by atoms with Gasteiger partial charge in [-0.05, 0) is 37.6 Å². The molecule has 2 rings (SSSR count). The van der Waals surface area contributed by atoms with Crippen LogP contribution in [-0.2, 0) is 0 Å². The highest BCUT2D eigenvalue weighted by atomic mass is 14.9. The predicted octanol–water partition coefficient (Wildman–Crippen LogP) is 3.37. The molecule has 15 heavy (non-hydrogen) atoms. The first-order chi connectivity index (χ1) is 7.31. The van der Waals surface area contributed by atoms with E-state index in [1.165, 1.54) is 11.1 Å². The fraction of sp³-hybridized carbons (Fsp3) is 0.308. The number of aromatic nitrogens is 1. The zero-order chi connectivity index (χ0) is 10.7. The van der Waals surface area contributed by atoms with Crippen LogP contribution in [0.25, 0.3) is 10.9 Å². The summed E-state index contributed by atoms with van der Waals surface area (Å²) in [5, 5.41) is 4.62. The lowest BCUT2D eigenvalue weighted by Gasteiger charge is -2.08. The van der Waals surface area contributed by atoms with Crippen molar-refractivity contribution in [1.29, 1.82) is 0 Å². The number of benzene rings is 1. The average molecular weight is 200 g/mol. The highest BCUT2D eigenvalue weighted by Crippen LogP contribution is 2.21. The summed E-state index contributed by atoms with van der Waals surface area (Å²) in [7, 11) is 0. The summed E-state index contributed by atoms with van der Waals surface area (Å²) in [6.45, 7) is 5.19. The molecule has 1 aromatic carbocycles. The molecule has 0 aliphatic rings. The molecule has 0 aliphatic heterocycles. The minimum atomic E-state index is 1.01. The van der Waals surface area contributed by atoms with Crippen LogP contribution >= 0.6 is 0 Å². The first-order valence-electron chi connectivity index (χ1n) is 5.41. The summed E-state index contributed by atoms with van der Waals surface area (Å²) in [5.74, 6) is 0. The van der Waals surface area contributed by atoms with E-state index in [0.717, 1.165) is 24.2 Å². The smallest absolute Gasteiger partial charge is 0.0725 e. The highest BCUT2D eigenvalue weighted by molar-refractivity contribution is 5.91. The van der Waals surface area contributed by atoms with Crippen LogP contribution in [0.15, 0.2) is 30.3 Å². The second-order valence-electron chi connectivity index (χ2n) is 3.75. The zero-order valence-electron chi connectivity index (χ0n) is 9.25. The standard InChI is InChI=1S/C13H16N2/c1-3-9-14-12-5-4-6-13-11(12)8-7-10(2)15-13/h4-8,14H,3,9H2,1-2H3. The van der Waals surface area contributed by atoms with E-state index < -0.39 is 0 Å². The Balaban J connectivity index is 2.46. The molecule has 0 aliphatic carbocycles. The van der Waals surface area contributed by atoms with Crippen LogP contribution < -0.4 is 5.32 Å². The van der Waals surface area contributed by atoms with Crippen LogP contribution in [0.4, 0.5) is 5.69 Å². The number of pyridine rings is 1. The van der Waals surface area contributed by atoms with E-state index >= 15 is 0 Å². The first kappa shape index (κ1) is 9.97. The molecule has 0 bridgehead atoms. The van der Waals surface area contributed by atoms with Crippen LogP contribution in [0.3, 0.4) is 0 Å². The van der Waals surface area contributed by atoms with Gasteiger partial charge in [-0.1, -0.05) is 13.0 Å². The van der Waals surface area contributed by atoms with Crippen molar-refractivity contribution >= 4 is 16.6 Å². The van der Waals surface area contributed by atoms with Crippen molar-refractivity contribution in [2.24, 2.45) is 0 Å². The third kappa shape index (κ3) is 2.09. The minimum Gasteiger partial charge on any atom is -0.385 e. The molecule has 0 saturated carbocycles. The topological polar surface area (TPSA) is 24.9 Å². The number of nitrogens with zero attached hydrogens (tertiary/aromatic N) is 1. The SMILES string of the molecule is CCCNc1cccc2nc(C)ccc12. The number of anilines is 1. The molecule has 0 amide bonds. The fourth-order valence-corrected chi connectivity index (χ4v) is 1.67. The molecule has 2 nitrogen and oxygen atoms in total. The summed E-state index contributed by atoms with van der Waals surface area (Å²) in [6, 6.07) is 10.4. The molecular weight excluding hydrogens is 184 g/mol. The van der Waals surface area contributed by atoms with Gasteiger partial charge < -0.3 is 5.32 Å². The Kier molecular flexibility index (Phi) is 2.86. The zero-order valence-corrected chi connectivity index (χ0v) is 9.25. The number of nitrogens with one attached hydrogen (secondary N) is 1. The molecule has 0 fully saturated rings. The van der Waals surface area contributed by atoms with E-state index in [2.05, 4.69) is 41.5 Å². The molecule has 2 heteroatoms. The third-order valence-corrected chi connectivity index (χ3v) is 2.44. The number of aryl methyl sites for hydroxylation is 1. The monoisotopic (exact) mass is 200 g/mol. The van der Waals surface area contributed by atoms with Gasteiger partial charge in [-0.25, -0.2) is 0 Å². The minimum absolute atomic E-state index is 1.01. The van der Waals surface area contributed by atoms with Gasteiger partial charge >= 0.3 is 0 Å². The molecule has 1 aromatic heterocycles. The molecule has 1 N–H and O–H groups in total. The van der Waals surface area contributed by atoms with Gasteiger partial charge in [-0.3, -0.25) is 4.98 Å². The Hall–Kier alpha value is -1.57. The normalized spacial score (nSPS) is 10.5. The number of hydrogen-bond donors (Lipinski definition) is 1. The second kappa shape index (κ2) is 4.30. The summed E-state index contributed by atoms with van der Waals surface area (Å²) >= 11 is 0. The van der Waals surface area contributed by atoms with Crippen molar-refractivity contribution in [1.82, 2.24) is 4.98 Å². The molecule has 0 unspecified atom stereocenters. The third-order valence-electron chi connectivity index (χ3n) is 2.44. The van der Waals surface area contributed by atoms with E-state index in [-0.39, 0.29) is 0 Å². The quantitative estimate of drug-likeness (QED) is 0.821. The molecule has 2 aromatic rings. The first-order valence-corrected chi connectivity index (χ1v) is 5.41. The summed E-state index contributed by atoms with van der Waals surface area (Å²) in [4.78, 5) is 4.50. The van der Waals surface area contributed by atoms with Crippen molar-refractivity contribution < 1.29 is 0 Å². The lowest BCUT2D eigenvalue weighted by molar-refractivity contribution is 0.981. The number of rotatable bonds is 3. The molecular formula is C13H16N2. The van der Waals surface area contributed by atoms with Crippen LogP contribution in [0, 0.1) is 6.92 Å². The van der Waals surface area contributed by atoms with Gasteiger partial charge in [0.05, 0.1) is 5.52 Å². The Morgan fingerprint density at radius 3 is 2.87 bits per heavy atom. The summed E-state index contributed by atoms with van der Waals surface area (Å²) in [5.41, 5.74) is 3.31. The molecule has 0 saturated heterocycles. The van der Waals surface area contributed by atoms with Crippen LogP contribution in [-0.4, -0.2) is 11.5 Å². The summed E-state index contributed by atoms with van der Waals surface area (Å²) < 4.78 is 0. The van der Waals surface area contributed by atoms with Crippen molar-refractivity contribution in [3.8, 4) is 0 Å². The van der Waals surface area contributed by atoms with E-state index in [1.54, 1.807) is 0 Å². The Labute approximate surface area is 90.3 Å². The Bertz CT molecular complexity index is 463. The molecule has 0 spiro atoms. The van der Waals surface area contributed by atoms with Crippen molar-refractivity contribution in [3.05, 3.63) is 36.0 Å². The van der Waals surface area contributed by atoms with E-state index in [9.17, 15) is 0 Å². The molecule has 1 heterocycles. The van der Waals surface area contributed by atoms with E-state index in [4.69, 9.17) is 0 Å². The van der Waals surface area contributed by atoms with Gasteiger partial charge in [-0.15, -0.1) is 0 Å². The maximum atomic E-state index is 4.50. The number of fused-ring (bicyclic) bond motifs is 1. The van der Waals surface area contributed by atoms with Crippen LogP contribution in [0.5, 0.6) is 0 Å². The molecule has 78 valence electrons. The van der Waals surface area contributed by atoms with Crippen LogP contribution in [0.2, 0.25) is 0 Å². The van der Waals surface area contributed by atoms with Crippen molar-refractivity contribution in [3.63, 3.8) is 0 Å². The lowest BCUT2D eigenvalue weighted by Crippen LogP contribution is -2.00. The van der Waals surface area contributed by atoms with Crippen molar-refractivity contribution in [2.45, 2.75) is 20.3 Å². The van der Waals surface area contributed by atoms with Gasteiger partial charge in [-0.2, -0.15) is 0 Å². The molecule has 0 atom stereocenters. The van der Waals surface area contributed by atoms with Gasteiger partial charge in [0.2, 0.25) is 0 Å². The summed E-state index contributed by atoms with van der Waals surface area (Å²) in [6.07, 6.45) is 1.13. The van der Waals surface area contributed by atoms with Gasteiger partial charge in [0.1, 0.15) is 0 Å².